The Balaban J connectivity index is 2.02. The SMILES string of the molecule is O=C1C=C(c2ccccc2)N=c2c1ccc1c2=CC=N1. The van der Waals surface area contributed by atoms with Crippen LogP contribution in [0.4, 0.5) is 5.69 Å². The van der Waals surface area contributed by atoms with E-state index in [9.17, 15) is 4.79 Å². The van der Waals surface area contributed by atoms with Gasteiger partial charge in [0.25, 0.3) is 0 Å². The van der Waals surface area contributed by atoms with Crippen LogP contribution >= 0.6 is 0 Å². The maximum atomic E-state index is 12.3. The van der Waals surface area contributed by atoms with E-state index in [1.165, 1.54) is 0 Å². The lowest BCUT2D eigenvalue weighted by molar-refractivity contribution is 0.104. The number of hydrogen-bond acceptors (Lipinski definition) is 3. The predicted molar refractivity (Wildman–Crippen MR) is 78.6 cm³/mol. The molecule has 0 bridgehead atoms. The Morgan fingerprint density at radius 1 is 0.950 bits per heavy atom. The van der Waals surface area contributed by atoms with Crippen molar-refractivity contribution >= 4 is 29.5 Å². The van der Waals surface area contributed by atoms with Crippen LogP contribution in [0.25, 0.3) is 11.8 Å². The fourth-order valence-corrected chi connectivity index (χ4v) is 2.50. The maximum Gasteiger partial charge on any atom is 0.190 e. The van der Waals surface area contributed by atoms with Crippen molar-refractivity contribution in [2.45, 2.75) is 0 Å². The molecule has 0 radical (unpaired) electrons. The van der Waals surface area contributed by atoms with Crippen molar-refractivity contribution in [2.24, 2.45) is 9.98 Å². The largest absolute Gasteiger partial charge is 0.289 e. The molecule has 2 heterocycles. The van der Waals surface area contributed by atoms with Crippen molar-refractivity contribution in [3.05, 3.63) is 70.2 Å². The molecular weight excluding hydrogens is 248 g/mol. The molecular formula is C17H10N2O. The summed E-state index contributed by atoms with van der Waals surface area (Å²) in [7, 11) is 0. The molecule has 20 heavy (non-hydrogen) atoms. The third-order valence-corrected chi connectivity index (χ3v) is 3.48. The smallest absolute Gasteiger partial charge is 0.190 e. The monoisotopic (exact) mass is 258 g/mol. The number of allylic oxidation sites excluding steroid dienone is 1. The number of carbonyl (C=O) groups excluding carboxylic acids is 1. The molecule has 2 aliphatic heterocycles. The van der Waals surface area contributed by atoms with Crippen LogP contribution in [0.3, 0.4) is 0 Å². The van der Waals surface area contributed by atoms with Crippen LogP contribution in [0.5, 0.6) is 0 Å². The van der Waals surface area contributed by atoms with Crippen molar-refractivity contribution < 1.29 is 4.79 Å². The van der Waals surface area contributed by atoms with Gasteiger partial charge in [0, 0.05) is 28.6 Å². The number of benzene rings is 2. The van der Waals surface area contributed by atoms with E-state index in [1.807, 2.05) is 42.5 Å². The van der Waals surface area contributed by atoms with E-state index >= 15 is 0 Å². The molecule has 4 rings (SSSR count). The number of aliphatic imine (C=N–C) groups is 1. The Kier molecular flexibility index (Phi) is 2.27. The Bertz CT molecular complexity index is 906. The van der Waals surface area contributed by atoms with Gasteiger partial charge >= 0.3 is 0 Å². The maximum absolute atomic E-state index is 12.3. The predicted octanol–water partition coefficient (Wildman–Crippen LogP) is 2.04. The Morgan fingerprint density at radius 2 is 1.80 bits per heavy atom. The van der Waals surface area contributed by atoms with Gasteiger partial charge in [-0.3, -0.25) is 9.79 Å². The van der Waals surface area contributed by atoms with Gasteiger partial charge in [0.05, 0.1) is 16.7 Å². The third-order valence-electron chi connectivity index (χ3n) is 3.48. The molecule has 0 fully saturated rings. The lowest BCUT2D eigenvalue weighted by Crippen LogP contribution is -2.32. The molecule has 0 aromatic heterocycles. The molecule has 3 nitrogen and oxygen atoms in total. The number of carbonyl (C=O) groups is 1. The van der Waals surface area contributed by atoms with Crippen molar-refractivity contribution in [3.8, 4) is 0 Å². The van der Waals surface area contributed by atoms with Gasteiger partial charge in [-0.25, -0.2) is 4.99 Å². The van der Waals surface area contributed by atoms with Gasteiger partial charge < -0.3 is 0 Å². The molecule has 0 unspecified atom stereocenters. The van der Waals surface area contributed by atoms with E-state index in [1.54, 1.807) is 18.4 Å². The highest BCUT2D eigenvalue weighted by atomic mass is 16.1. The third kappa shape index (κ3) is 1.57. The molecule has 0 saturated carbocycles. The van der Waals surface area contributed by atoms with Gasteiger partial charge in [0.1, 0.15) is 0 Å². The van der Waals surface area contributed by atoms with E-state index in [0.29, 0.717) is 11.3 Å². The fraction of sp³-hybridized carbons (Fsp3) is 0. The lowest BCUT2D eigenvalue weighted by atomic mass is 10.0. The van der Waals surface area contributed by atoms with Crippen LogP contribution in [0.15, 0.2) is 58.5 Å². The minimum atomic E-state index is -0.00282. The zero-order valence-corrected chi connectivity index (χ0v) is 10.6. The quantitative estimate of drug-likeness (QED) is 0.771. The van der Waals surface area contributed by atoms with E-state index in [-0.39, 0.29) is 5.78 Å². The molecule has 0 saturated heterocycles. The second kappa shape index (κ2) is 4.10. The van der Waals surface area contributed by atoms with Crippen LogP contribution in [0, 0.1) is 0 Å². The molecule has 2 aliphatic rings. The van der Waals surface area contributed by atoms with Crippen LogP contribution in [-0.2, 0) is 0 Å². The van der Waals surface area contributed by atoms with Gasteiger partial charge in [-0.1, -0.05) is 30.3 Å². The zero-order valence-electron chi connectivity index (χ0n) is 10.6. The molecule has 2 aromatic carbocycles. The second-order valence-electron chi connectivity index (χ2n) is 4.71. The number of rotatable bonds is 1. The summed E-state index contributed by atoms with van der Waals surface area (Å²) >= 11 is 0. The van der Waals surface area contributed by atoms with Crippen molar-refractivity contribution in [2.75, 3.05) is 0 Å². The van der Waals surface area contributed by atoms with Gasteiger partial charge in [-0.05, 0) is 18.2 Å². The van der Waals surface area contributed by atoms with E-state index in [2.05, 4.69) is 9.98 Å². The van der Waals surface area contributed by atoms with Gasteiger partial charge in [0.2, 0.25) is 0 Å². The van der Waals surface area contributed by atoms with Crippen LogP contribution in [-0.4, -0.2) is 12.0 Å². The van der Waals surface area contributed by atoms with E-state index in [0.717, 1.165) is 21.8 Å². The average molecular weight is 258 g/mol. The first-order valence-electron chi connectivity index (χ1n) is 6.40. The molecule has 3 heteroatoms. The van der Waals surface area contributed by atoms with Gasteiger partial charge in [-0.15, -0.1) is 0 Å². The first kappa shape index (κ1) is 11.1. The highest BCUT2D eigenvalue weighted by Crippen LogP contribution is 2.19. The number of ketones is 1. The highest BCUT2D eigenvalue weighted by molar-refractivity contribution is 6.10. The van der Waals surface area contributed by atoms with Crippen LogP contribution in [0.1, 0.15) is 15.9 Å². The summed E-state index contributed by atoms with van der Waals surface area (Å²) in [6.45, 7) is 0. The molecule has 0 aliphatic carbocycles. The summed E-state index contributed by atoms with van der Waals surface area (Å²) in [4.78, 5) is 21.2. The normalized spacial score (nSPS) is 15.0. The lowest BCUT2D eigenvalue weighted by Gasteiger charge is -2.09. The van der Waals surface area contributed by atoms with Crippen molar-refractivity contribution in [3.63, 3.8) is 0 Å². The summed E-state index contributed by atoms with van der Waals surface area (Å²) in [5.41, 5.74) is 3.17. The van der Waals surface area contributed by atoms with Gasteiger partial charge in [-0.2, -0.15) is 0 Å². The minimum Gasteiger partial charge on any atom is -0.289 e. The number of nitrogens with zero attached hydrogens (tertiary/aromatic N) is 2. The van der Waals surface area contributed by atoms with Crippen LogP contribution < -0.4 is 10.6 Å². The minimum absolute atomic E-state index is 0.00282. The molecule has 2 aromatic rings. The summed E-state index contributed by atoms with van der Waals surface area (Å²) in [6, 6.07) is 13.4. The first-order chi connectivity index (χ1) is 9.83. The summed E-state index contributed by atoms with van der Waals surface area (Å²) < 4.78 is 0. The van der Waals surface area contributed by atoms with Crippen molar-refractivity contribution in [1.29, 1.82) is 0 Å². The summed E-state index contributed by atoms with van der Waals surface area (Å²) in [6.07, 6.45) is 5.24. The second-order valence-corrected chi connectivity index (χ2v) is 4.71. The molecule has 0 N–H and O–H groups in total. The number of fused-ring (bicyclic) bond motifs is 3. The van der Waals surface area contributed by atoms with Crippen LogP contribution in [0.2, 0.25) is 0 Å². The fourth-order valence-electron chi connectivity index (χ4n) is 2.50. The number of hydrogen-bond donors (Lipinski definition) is 0. The topological polar surface area (TPSA) is 41.8 Å². The molecule has 0 amide bonds. The summed E-state index contributed by atoms with van der Waals surface area (Å²) in [5, 5.41) is 1.66. The van der Waals surface area contributed by atoms with E-state index < -0.39 is 0 Å². The Morgan fingerprint density at radius 3 is 2.65 bits per heavy atom. The summed E-state index contributed by atoms with van der Waals surface area (Å²) in [5.74, 6) is -0.00282. The molecule has 0 spiro atoms. The van der Waals surface area contributed by atoms with E-state index in [4.69, 9.17) is 0 Å². The average Bonchev–Trinajstić information content (AvgIpc) is 2.97. The Hall–Kier alpha value is -2.81. The van der Waals surface area contributed by atoms with Crippen molar-refractivity contribution in [1.82, 2.24) is 0 Å². The Labute approximate surface area is 115 Å². The standard InChI is InChI=1S/C17H10N2O/c20-16-10-15(11-4-2-1-3-5-11)19-17-12-8-9-18-14(12)7-6-13(16)17/h1-10H. The zero-order chi connectivity index (χ0) is 13.5. The molecule has 0 atom stereocenters. The molecule has 94 valence electrons. The first-order valence-corrected chi connectivity index (χ1v) is 6.40. The highest BCUT2D eigenvalue weighted by Gasteiger charge is 2.16. The van der Waals surface area contributed by atoms with Gasteiger partial charge in [0.15, 0.2) is 5.78 Å².